The summed E-state index contributed by atoms with van der Waals surface area (Å²) in [5.74, 6) is 3.15. The molecule has 0 heterocycles. The predicted octanol–water partition coefficient (Wildman–Crippen LogP) is 4.06. The molecular formula is C23H34Cl2N2O3. The van der Waals surface area contributed by atoms with Gasteiger partial charge < -0.3 is 20.5 Å². The zero-order chi connectivity index (χ0) is 20.4. The molecule has 5 rings (SSSR count). The Bertz CT molecular complexity index is 706. The average Bonchev–Trinajstić information content (AvgIpc) is 2.66. The second kappa shape index (κ2) is 10.1. The smallest absolute Gasteiger partial charge is 0.252 e. The number of ether oxygens (including phenoxy) is 1. The van der Waals surface area contributed by atoms with Gasteiger partial charge in [0.1, 0.15) is 12.4 Å². The second-order valence-electron chi connectivity index (χ2n) is 9.64. The van der Waals surface area contributed by atoms with Gasteiger partial charge in [-0.05, 0) is 86.8 Å². The van der Waals surface area contributed by atoms with E-state index in [1.165, 1.54) is 38.5 Å². The van der Waals surface area contributed by atoms with Crippen LogP contribution in [0.4, 0.5) is 0 Å². The topological polar surface area (TPSA) is 70.6 Å². The number of aliphatic hydroxyl groups excluding tert-OH is 1. The Balaban J connectivity index is 0.00000256. The van der Waals surface area contributed by atoms with Crippen molar-refractivity contribution in [2.75, 3.05) is 26.2 Å². The summed E-state index contributed by atoms with van der Waals surface area (Å²) in [6.45, 7) is 4.12. The first-order chi connectivity index (χ1) is 13.9. The number of halogens is 2. The Kier molecular flexibility index (Phi) is 7.94. The predicted molar refractivity (Wildman–Crippen MR) is 122 cm³/mol. The van der Waals surface area contributed by atoms with Gasteiger partial charge in [-0.15, -0.1) is 12.4 Å². The van der Waals surface area contributed by atoms with Gasteiger partial charge in [0.2, 0.25) is 0 Å². The molecule has 1 aromatic rings. The molecular weight excluding hydrogens is 423 g/mol. The first-order valence-corrected chi connectivity index (χ1v) is 11.4. The minimum Gasteiger partial charge on any atom is -0.492 e. The second-order valence-corrected chi connectivity index (χ2v) is 10.1. The maximum atomic E-state index is 12.9. The number of carbonyl (C=O) groups is 1. The van der Waals surface area contributed by atoms with E-state index in [2.05, 4.69) is 10.6 Å². The van der Waals surface area contributed by atoms with Crippen LogP contribution in [0.1, 0.15) is 55.8 Å². The van der Waals surface area contributed by atoms with E-state index in [4.69, 9.17) is 16.3 Å². The van der Waals surface area contributed by atoms with Gasteiger partial charge >= 0.3 is 0 Å². The first-order valence-electron chi connectivity index (χ1n) is 11.0. The van der Waals surface area contributed by atoms with Gasteiger partial charge in [-0.3, -0.25) is 4.79 Å². The summed E-state index contributed by atoms with van der Waals surface area (Å²) in [6.07, 6.45) is 7.66. The summed E-state index contributed by atoms with van der Waals surface area (Å²) in [7, 11) is 0. The van der Waals surface area contributed by atoms with Gasteiger partial charge in [-0.1, -0.05) is 11.6 Å². The number of hydrogen-bond acceptors (Lipinski definition) is 4. The molecule has 0 spiro atoms. The number of carbonyl (C=O) groups excluding carboxylic acids is 1. The van der Waals surface area contributed by atoms with Crippen LogP contribution in [0.2, 0.25) is 5.02 Å². The van der Waals surface area contributed by atoms with Crippen LogP contribution < -0.4 is 15.4 Å². The summed E-state index contributed by atoms with van der Waals surface area (Å²) in [5, 5.41) is 16.0. The minimum atomic E-state index is -0.380. The minimum absolute atomic E-state index is 0. The normalized spacial score (nSPS) is 29.9. The fraction of sp³-hybridized carbons (Fsp3) is 0.696. The lowest BCUT2D eigenvalue weighted by molar-refractivity contribution is -0.0503. The molecule has 1 amide bonds. The van der Waals surface area contributed by atoms with Crippen LogP contribution in [-0.4, -0.2) is 43.4 Å². The molecule has 3 N–H and O–H groups in total. The van der Waals surface area contributed by atoms with E-state index in [1.807, 2.05) is 0 Å². The molecule has 30 heavy (non-hydrogen) atoms. The van der Waals surface area contributed by atoms with Crippen molar-refractivity contribution >= 4 is 29.9 Å². The van der Waals surface area contributed by atoms with Crippen molar-refractivity contribution < 1.29 is 14.6 Å². The molecule has 7 heteroatoms. The Labute approximate surface area is 190 Å². The molecule has 4 bridgehead atoms. The van der Waals surface area contributed by atoms with Crippen LogP contribution in [-0.2, 0) is 0 Å². The number of nitrogens with one attached hydrogen (secondary N) is 2. The largest absolute Gasteiger partial charge is 0.492 e. The Morgan fingerprint density at radius 3 is 2.47 bits per heavy atom. The first kappa shape index (κ1) is 23.6. The van der Waals surface area contributed by atoms with E-state index in [1.54, 1.807) is 25.1 Å². The lowest BCUT2D eigenvalue weighted by atomic mass is 9.49. The zero-order valence-electron chi connectivity index (χ0n) is 17.7. The number of hydrogen-bond donors (Lipinski definition) is 3. The van der Waals surface area contributed by atoms with Gasteiger partial charge in [0.15, 0.2) is 0 Å². The van der Waals surface area contributed by atoms with Crippen LogP contribution in [0.15, 0.2) is 18.2 Å². The molecule has 0 radical (unpaired) electrons. The SMILES string of the molecule is C[C@@H](O)CNCCOc1ccc(Cl)c(C(=O)NCC23CC4CC(CC(C4)C2)C3)c1.Cl. The fourth-order valence-corrected chi connectivity index (χ4v) is 6.39. The Morgan fingerprint density at radius 1 is 1.23 bits per heavy atom. The molecule has 1 atom stereocenters. The summed E-state index contributed by atoms with van der Waals surface area (Å²) in [5.41, 5.74) is 0.784. The molecule has 4 aliphatic rings. The van der Waals surface area contributed by atoms with Crippen molar-refractivity contribution in [1.82, 2.24) is 10.6 Å². The van der Waals surface area contributed by atoms with E-state index in [9.17, 15) is 9.90 Å². The quantitative estimate of drug-likeness (QED) is 0.490. The van der Waals surface area contributed by atoms with Crippen molar-refractivity contribution in [3.8, 4) is 5.75 Å². The summed E-state index contributed by atoms with van der Waals surface area (Å²) < 4.78 is 5.73. The molecule has 0 saturated heterocycles. The van der Waals surface area contributed by atoms with Crippen LogP contribution in [0.5, 0.6) is 5.75 Å². The standard InChI is InChI=1S/C23H33ClN2O3.ClH/c1-15(27)13-25-4-5-29-19-2-3-21(24)20(9-19)22(28)26-14-23-10-16-6-17(11-23)8-18(7-16)12-23;/h2-3,9,15-18,25,27H,4-8,10-14H2,1H3,(H,26,28);1H/t15-,16?,17?,18?,23?;/m1./s1. The van der Waals surface area contributed by atoms with E-state index in [0.29, 0.717) is 41.4 Å². The van der Waals surface area contributed by atoms with Gasteiger partial charge in [0.25, 0.3) is 5.91 Å². The maximum Gasteiger partial charge on any atom is 0.252 e. The number of aliphatic hydroxyl groups is 1. The number of benzene rings is 1. The van der Waals surface area contributed by atoms with E-state index < -0.39 is 0 Å². The third-order valence-electron chi connectivity index (χ3n) is 6.96. The average molecular weight is 457 g/mol. The third kappa shape index (κ3) is 5.61. The highest BCUT2D eigenvalue weighted by molar-refractivity contribution is 6.33. The Morgan fingerprint density at radius 2 is 1.87 bits per heavy atom. The molecule has 0 aromatic heterocycles. The molecule has 4 fully saturated rings. The summed E-state index contributed by atoms with van der Waals surface area (Å²) in [4.78, 5) is 12.9. The van der Waals surface area contributed by atoms with Gasteiger partial charge in [0.05, 0.1) is 16.7 Å². The van der Waals surface area contributed by atoms with Crippen molar-refractivity contribution in [3.63, 3.8) is 0 Å². The van der Waals surface area contributed by atoms with Gasteiger partial charge in [-0.2, -0.15) is 0 Å². The summed E-state index contributed by atoms with van der Waals surface area (Å²) in [6, 6.07) is 5.23. The monoisotopic (exact) mass is 456 g/mol. The van der Waals surface area contributed by atoms with Gasteiger partial charge in [-0.25, -0.2) is 0 Å². The highest BCUT2D eigenvalue weighted by Gasteiger charge is 2.50. The molecule has 5 nitrogen and oxygen atoms in total. The highest BCUT2D eigenvalue weighted by Crippen LogP contribution is 2.59. The van der Waals surface area contributed by atoms with Crippen LogP contribution in [0.3, 0.4) is 0 Å². The van der Waals surface area contributed by atoms with Crippen molar-refractivity contribution in [2.45, 2.75) is 51.6 Å². The molecule has 0 unspecified atom stereocenters. The van der Waals surface area contributed by atoms with Gasteiger partial charge in [0, 0.05) is 19.6 Å². The van der Waals surface area contributed by atoms with Crippen LogP contribution in [0.25, 0.3) is 0 Å². The van der Waals surface area contributed by atoms with E-state index >= 15 is 0 Å². The molecule has 168 valence electrons. The number of rotatable bonds is 9. The number of amides is 1. The lowest BCUT2D eigenvalue weighted by Gasteiger charge is -2.56. The zero-order valence-corrected chi connectivity index (χ0v) is 19.2. The van der Waals surface area contributed by atoms with E-state index in [-0.39, 0.29) is 24.4 Å². The molecule has 4 saturated carbocycles. The van der Waals surface area contributed by atoms with Crippen molar-refractivity contribution in [2.24, 2.45) is 23.2 Å². The lowest BCUT2D eigenvalue weighted by Crippen LogP contribution is -2.51. The molecule has 0 aliphatic heterocycles. The maximum absolute atomic E-state index is 12.9. The van der Waals surface area contributed by atoms with Crippen molar-refractivity contribution in [1.29, 1.82) is 0 Å². The van der Waals surface area contributed by atoms with Crippen LogP contribution >= 0.6 is 24.0 Å². The van der Waals surface area contributed by atoms with E-state index in [0.717, 1.165) is 24.3 Å². The van der Waals surface area contributed by atoms with Crippen molar-refractivity contribution in [3.05, 3.63) is 28.8 Å². The Hall–Kier alpha value is -1.01. The fourth-order valence-electron chi connectivity index (χ4n) is 6.19. The summed E-state index contributed by atoms with van der Waals surface area (Å²) >= 11 is 6.31. The third-order valence-corrected chi connectivity index (χ3v) is 7.29. The molecule has 1 aromatic carbocycles. The highest BCUT2D eigenvalue weighted by atomic mass is 35.5. The van der Waals surface area contributed by atoms with Crippen LogP contribution in [0, 0.1) is 23.2 Å². The molecule has 4 aliphatic carbocycles.